The number of anilines is 1. The van der Waals surface area contributed by atoms with E-state index >= 15 is 0 Å². The summed E-state index contributed by atoms with van der Waals surface area (Å²) in [4.78, 5) is 4.13. The second-order valence-electron chi connectivity index (χ2n) is 6.70. The van der Waals surface area contributed by atoms with E-state index < -0.39 is 11.9 Å². The molecule has 2 aromatic heterocycles. The first-order valence-electron chi connectivity index (χ1n) is 8.78. The summed E-state index contributed by atoms with van der Waals surface area (Å²) in [7, 11) is 0. The Morgan fingerprint density at radius 2 is 1.96 bits per heavy atom. The fourth-order valence-electron chi connectivity index (χ4n) is 3.54. The Bertz CT molecular complexity index is 978. The third-order valence-corrected chi connectivity index (χ3v) is 5.12. The fraction of sp³-hybridized carbons (Fsp3) is 0.316. The lowest BCUT2D eigenvalue weighted by Gasteiger charge is -2.29. The number of phenolic OH excluding ortho intramolecular Hbond substituents is 1. The van der Waals surface area contributed by atoms with Crippen molar-refractivity contribution in [2.75, 3.05) is 5.32 Å². The van der Waals surface area contributed by atoms with Gasteiger partial charge in [0.25, 0.3) is 0 Å². The van der Waals surface area contributed by atoms with Crippen LogP contribution in [-0.2, 0) is 0 Å². The quantitative estimate of drug-likeness (QED) is 0.630. The lowest BCUT2D eigenvalue weighted by molar-refractivity contribution is 0.116. The van der Waals surface area contributed by atoms with E-state index in [-0.39, 0.29) is 28.1 Å². The van der Waals surface area contributed by atoms with Crippen LogP contribution < -0.4 is 5.32 Å². The fourth-order valence-corrected chi connectivity index (χ4v) is 3.74. The highest BCUT2D eigenvalue weighted by molar-refractivity contribution is 6.30. The van der Waals surface area contributed by atoms with E-state index in [1.165, 1.54) is 6.07 Å². The molecule has 27 heavy (non-hydrogen) atoms. The van der Waals surface area contributed by atoms with Crippen molar-refractivity contribution < 1.29 is 14.6 Å². The third-order valence-electron chi connectivity index (χ3n) is 4.90. The summed E-state index contributed by atoms with van der Waals surface area (Å²) in [5.41, 5.74) is 0.140. The van der Waals surface area contributed by atoms with Crippen molar-refractivity contribution in [1.29, 1.82) is 0 Å². The number of aromatic hydroxyl groups is 1. The standard InChI is InChI=1S/C19H18ClFN4O2/c20-10-7-13(21)17(16(27)8-10)18-11-5-6-22-9-12(11)19(25-24-18)23-14-3-1-2-4-15(14)26/h5-9,14-15,26-27H,1-4H2,(H,23,25)/t14-,15+/m0/s1. The highest BCUT2D eigenvalue weighted by Crippen LogP contribution is 2.38. The molecule has 0 spiro atoms. The van der Waals surface area contributed by atoms with E-state index in [9.17, 15) is 14.6 Å². The van der Waals surface area contributed by atoms with Crippen LogP contribution in [0.15, 0.2) is 30.6 Å². The lowest BCUT2D eigenvalue weighted by Crippen LogP contribution is -2.36. The van der Waals surface area contributed by atoms with E-state index in [1.54, 1.807) is 18.5 Å². The molecule has 1 aromatic carbocycles. The summed E-state index contributed by atoms with van der Waals surface area (Å²) in [6, 6.07) is 3.95. The van der Waals surface area contributed by atoms with Crippen LogP contribution in [0.1, 0.15) is 25.7 Å². The molecule has 0 saturated heterocycles. The van der Waals surface area contributed by atoms with Gasteiger partial charge < -0.3 is 15.5 Å². The number of nitrogens with zero attached hydrogens (tertiary/aromatic N) is 3. The smallest absolute Gasteiger partial charge is 0.158 e. The summed E-state index contributed by atoms with van der Waals surface area (Å²) in [5, 5.41) is 33.3. The van der Waals surface area contributed by atoms with Gasteiger partial charge in [-0.3, -0.25) is 4.98 Å². The topological polar surface area (TPSA) is 91.2 Å². The molecule has 2 atom stereocenters. The summed E-state index contributed by atoms with van der Waals surface area (Å²) in [5.74, 6) is -0.520. The van der Waals surface area contributed by atoms with Gasteiger partial charge in [-0.2, -0.15) is 0 Å². The largest absolute Gasteiger partial charge is 0.507 e. The Labute approximate surface area is 160 Å². The number of nitrogens with one attached hydrogen (secondary N) is 1. The van der Waals surface area contributed by atoms with Crippen LogP contribution >= 0.6 is 11.6 Å². The number of halogens is 2. The van der Waals surface area contributed by atoms with Gasteiger partial charge in [-0.25, -0.2) is 4.39 Å². The van der Waals surface area contributed by atoms with E-state index in [1.807, 2.05) is 0 Å². The van der Waals surface area contributed by atoms with Crippen LogP contribution in [0.4, 0.5) is 10.2 Å². The van der Waals surface area contributed by atoms with Crippen molar-refractivity contribution in [2.24, 2.45) is 0 Å². The van der Waals surface area contributed by atoms with Crippen molar-refractivity contribution in [1.82, 2.24) is 15.2 Å². The molecule has 140 valence electrons. The van der Waals surface area contributed by atoms with Crippen LogP contribution in [0.3, 0.4) is 0 Å². The number of fused-ring (bicyclic) bond motifs is 1. The minimum atomic E-state index is -0.684. The number of hydrogen-bond acceptors (Lipinski definition) is 6. The molecule has 0 radical (unpaired) electrons. The first-order chi connectivity index (χ1) is 13.0. The van der Waals surface area contributed by atoms with E-state index in [0.717, 1.165) is 31.7 Å². The molecule has 3 aromatic rings. The molecule has 1 fully saturated rings. The third kappa shape index (κ3) is 3.40. The monoisotopic (exact) mass is 388 g/mol. The van der Waals surface area contributed by atoms with Gasteiger partial charge in [-0.1, -0.05) is 24.4 Å². The van der Waals surface area contributed by atoms with Gasteiger partial charge in [0.15, 0.2) is 5.82 Å². The molecule has 6 nitrogen and oxygen atoms in total. The SMILES string of the molecule is Oc1cc(Cl)cc(F)c1-c1nnc(N[C@H]2CCCC[C@H]2O)c2cnccc12. The van der Waals surface area contributed by atoms with Crippen molar-refractivity contribution >= 4 is 28.2 Å². The number of aromatic nitrogens is 3. The predicted molar refractivity (Wildman–Crippen MR) is 101 cm³/mol. The van der Waals surface area contributed by atoms with Crippen molar-refractivity contribution in [3.8, 4) is 17.0 Å². The Balaban J connectivity index is 1.82. The zero-order chi connectivity index (χ0) is 19.0. The number of benzene rings is 1. The van der Waals surface area contributed by atoms with Crippen LogP contribution in [0.5, 0.6) is 5.75 Å². The molecule has 0 bridgehead atoms. The summed E-state index contributed by atoms with van der Waals surface area (Å²) >= 11 is 5.80. The second kappa shape index (κ2) is 7.25. The van der Waals surface area contributed by atoms with Crippen molar-refractivity contribution in [3.05, 3.63) is 41.4 Å². The molecule has 0 amide bonds. The van der Waals surface area contributed by atoms with Gasteiger partial charge in [-0.05, 0) is 31.0 Å². The minimum Gasteiger partial charge on any atom is -0.507 e. The Morgan fingerprint density at radius 1 is 1.15 bits per heavy atom. The van der Waals surface area contributed by atoms with E-state index in [0.29, 0.717) is 16.6 Å². The maximum atomic E-state index is 14.5. The number of aliphatic hydroxyl groups is 1. The van der Waals surface area contributed by atoms with Crippen molar-refractivity contribution in [3.63, 3.8) is 0 Å². The predicted octanol–water partition coefficient (Wildman–Crippen LogP) is 3.91. The summed E-state index contributed by atoms with van der Waals surface area (Å²) in [6.07, 6.45) is 6.32. The van der Waals surface area contributed by atoms with Gasteiger partial charge in [-0.15, -0.1) is 10.2 Å². The number of aliphatic hydroxyl groups excluding tert-OH is 1. The molecule has 0 aliphatic heterocycles. The number of pyridine rings is 1. The van der Waals surface area contributed by atoms with Crippen LogP contribution in [0.2, 0.25) is 5.02 Å². The number of rotatable bonds is 3. The van der Waals surface area contributed by atoms with E-state index in [2.05, 4.69) is 20.5 Å². The molecule has 1 aliphatic carbocycles. The highest BCUT2D eigenvalue weighted by atomic mass is 35.5. The molecule has 3 N–H and O–H groups in total. The average molecular weight is 389 g/mol. The molecule has 0 unspecified atom stereocenters. The Morgan fingerprint density at radius 3 is 2.74 bits per heavy atom. The molecule has 8 heteroatoms. The zero-order valence-electron chi connectivity index (χ0n) is 14.4. The normalized spacial score (nSPS) is 20.0. The van der Waals surface area contributed by atoms with Crippen LogP contribution in [0.25, 0.3) is 22.0 Å². The highest BCUT2D eigenvalue weighted by Gasteiger charge is 2.25. The summed E-state index contributed by atoms with van der Waals surface area (Å²) in [6.45, 7) is 0. The lowest BCUT2D eigenvalue weighted by atomic mass is 9.92. The minimum absolute atomic E-state index is 0.0626. The van der Waals surface area contributed by atoms with Crippen molar-refractivity contribution in [2.45, 2.75) is 37.8 Å². The Hall–Kier alpha value is -2.51. The molecule has 1 saturated carbocycles. The van der Waals surface area contributed by atoms with Gasteiger partial charge in [0, 0.05) is 28.2 Å². The maximum Gasteiger partial charge on any atom is 0.158 e. The molecule has 4 rings (SSSR count). The molecule has 1 aliphatic rings. The second-order valence-corrected chi connectivity index (χ2v) is 7.14. The zero-order valence-corrected chi connectivity index (χ0v) is 15.1. The van der Waals surface area contributed by atoms with E-state index in [4.69, 9.17) is 11.6 Å². The maximum absolute atomic E-state index is 14.5. The molecular formula is C19H18ClFN4O2. The number of hydrogen-bond donors (Lipinski definition) is 3. The van der Waals surface area contributed by atoms with Gasteiger partial charge in [0.2, 0.25) is 0 Å². The van der Waals surface area contributed by atoms with Crippen LogP contribution in [0, 0.1) is 5.82 Å². The summed E-state index contributed by atoms with van der Waals surface area (Å²) < 4.78 is 14.5. The first kappa shape index (κ1) is 17.9. The average Bonchev–Trinajstić information content (AvgIpc) is 2.64. The number of phenols is 1. The van der Waals surface area contributed by atoms with Gasteiger partial charge >= 0.3 is 0 Å². The van der Waals surface area contributed by atoms with Gasteiger partial charge in [0.05, 0.1) is 17.7 Å². The van der Waals surface area contributed by atoms with Crippen LogP contribution in [-0.4, -0.2) is 37.5 Å². The van der Waals surface area contributed by atoms with Gasteiger partial charge in [0.1, 0.15) is 17.3 Å². The molecule has 2 heterocycles. The molecular weight excluding hydrogens is 371 g/mol. The first-order valence-corrected chi connectivity index (χ1v) is 9.16. The Kier molecular flexibility index (Phi) is 4.80.